The molecule has 1 aromatic carbocycles. The van der Waals surface area contributed by atoms with Crippen LogP contribution in [0.3, 0.4) is 0 Å². The monoisotopic (exact) mass is 232 g/mol. The molecule has 0 radical (unpaired) electrons. The van der Waals surface area contributed by atoms with Gasteiger partial charge in [-0.2, -0.15) is 0 Å². The molecule has 4 nitrogen and oxygen atoms in total. The first-order chi connectivity index (χ1) is 8.22. The van der Waals surface area contributed by atoms with E-state index >= 15 is 0 Å². The Hall–Kier alpha value is -1.84. The average molecular weight is 232 g/mol. The third kappa shape index (κ3) is 2.46. The number of oxime groups is 1. The van der Waals surface area contributed by atoms with Gasteiger partial charge in [-0.25, -0.2) is 0 Å². The lowest BCUT2D eigenvalue weighted by molar-refractivity contribution is -0.119. The Labute approximate surface area is 101 Å². The van der Waals surface area contributed by atoms with Gasteiger partial charge in [-0.05, 0) is 37.5 Å². The fourth-order valence-electron chi connectivity index (χ4n) is 2.02. The van der Waals surface area contributed by atoms with Crippen molar-refractivity contribution in [1.29, 1.82) is 0 Å². The minimum atomic E-state index is 0.191. The average Bonchev–Trinajstić information content (AvgIpc) is 2.39. The highest BCUT2D eigenvalue weighted by molar-refractivity contribution is 5.99. The lowest BCUT2D eigenvalue weighted by atomic mass is 10.1. The summed E-state index contributed by atoms with van der Waals surface area (Å²) in [4.78, 5) is 13.6. The highest BCUT2D eigenvalue weighted by atomic mass is 16.4. The first-order valence-corrected chi connectivity index (χ1v) is 5.82. The van der Waals surface area contributed by atoms with Gasteiger partial charge in [0.2, 0.25) is 5.91 Å². The number of carbonyl (C=O) groups excluding carboxylic acids is 1. The Morgan fingerprint density at radius 2 is 2.00 bits per heavy atom. The van der Waals surface area contributed by atoms with E-state index in [0.717, 1.165) is 30.6 Å². The highest BCUT2D eigenvalue weighted by Crippen LogP contribution is 2.21. The lowest BCUT2D eigenvalue weighted by Gasteiger charge is -2.26. The summed E-state index contributed by atoms with van der Waals surface area (Å²) in [6, 6.07) is 7.53. The molecule has 1 fully saturated rings. The summed E-state index contributed by atoms with van der Waals surface area (Å²) in [5.41, 5.74) is 2.35. The van der Waals surface area contributed by atoms with Crippen LogP contribution in [0.2, 0.25) is 0 Å². The number of piperidine rings is 1. The van der Waals surface area contributed by atoms with Gasteiger partial charge in [-0.15, -0.1) is 0 Å². The van der Waals surface area contributed by atoms with E-state index in [-0.39, 0.29) is 5.91 Å². The number of carbonyl (C=O) groups is 1. The van der Waals surface area contributed by atoms with Gasteiger partial charge in [0.1, 0.15) is 0 Å². The lowest BCUT2D eigenvalue weighted by Crippen LogP contribution is -2.35. The standard InChI is InChI=1S/C13H16N2O2/c1-10(14-17)11-5-7-12(8-6-11)15-9-3-2-4-13(15)16/h5-8,17H,2-4,9H2,1H3/b14-10+. The van der Waals surface area contributed by atoms with Gasteiger partial charge in [0.15, 0.2) is 0 Å². The van der Waals surface area contributed by atoms with Crippen molar-refractivity contribution in [2.75, 3.05) is 11.4 Å². The molecule has 1 aliphatic rings. The number of amides is 1. The number of rotatable bonds is 2. The van der Waals surface area contributed by atoms with E-state index in [1.54, 1.807) is 6.92 Å². The number of hydrogen-bond donors (Lipinski definition) is 1. The van der Waals surface area contributed by atoms with Gasteiger partial charge < -0.3 is 10.1 Å². The van der Waals surface area contributed by atoms with E-state index in [2.05, 4.69) is 5.16 Å². The summed E-state index contributed by atoms with van der Waals surface area (Å²) >= 11 is 0. The van der Waals surface area contributed by atoms with Crippen LogP contribution in [0.4, 0.5) is 5.69 Å². The molecule has 0 unspecified atom stereocenters. The molecule has 0 aromatic heterocycles. The molecule has 0 aliphatic carbocycles. The summed E-state index contributed by atoms with van der Waals surface area (Å²) in [5, 5.41) is 11.8. The quantitative estimate of drug-likeness (QED) is 0.483. The summed E-state index contributed by atoms with van der Waals surface area (Å²) < 4.78 is 0. The van der Waals surface area contributed by atoms with Crippen molar-refractivity contribution in [3.63, 3.8) is 0 Å². The molecule has 1 aliphatic heterocycles. The maximum absolute atomic E-state index is 11.7. The normalized spacial score (nSPS) is 17.4. The van der Waals surface area contributed by atoms with Gasteiger partial charge in [-0.3, -0.25) is 4.79 Å². The van der Waals surface area contributed by atoms with Gasteiger partial charge >= 0.3 is 0 Å². The molecule has 0 saturated carbocycles. The van der Waals surface area contributed by atoms with Crippen LogP contribution < -0.4 is 4.90 Å². The number of benzene rings is 1. The Balaban J connectivity index is 2.20. The van der Waals surface area contributed by atoms with Gasteiger partial charge in [0.05, 0.1) is 5.71 Å². The van der Waals surface area contributed by atoms with Crippen LogP contribution in [0.1, 0.15) is 31.7 Å². The Kier molecular flexibility index (Phi) is 3.42. The van der Waals surface area contributed by atoms with Crippen LogP contribution in [-0.4, -0.2) is 23.4 Å². The molecule has 2 rings (SSSR count). The van der Waals surface area contributed by atoms with Crippen LogP contribution in [0.5, 0.6) is 0 Å². The minimum Gasteiger partial charge on any atom is -0.411 e. The van der Waals surface area contributed by atoms with E-state index in [9.17, 15) is 4.79 Å². The summed E-state index contributed by atoms with van der Waals surface area (Å²) in [5.74, 6) is 0.191. The van der Waals surface area contributed by atoms with Gasteiger partial charge in [-0.1, -0.05) is 17.3 Å². The predicted molar refractivity (Wildman–Crippen MR) is 66.6 cm³/mol. The molecular weight excluding hydrogens is 216 g/mol. The summed E-state index contributed by atoms with van der Waals surface area (Å²) in [6.07, 6.45) is 2.69. The molecule has 1 N–H and O–H groups in total. The number of nitrogens with zero attached hydrogens (tertiary/aromatic N) is 2. The van der Waals surface area contributed by atoms with Crippen molar-refractivity contribution in [2.45, 2.75) is 26.2 Å². The predicted octanol–water partition coefficient (Wildman–Crippen LogP) is 2.40. The Morgan fingerprint density at radius 1 is 1.29 bits per heavy atom. The number of hydrogen-bond acceptors (Lipinski definition) is 3. The summed E-state index contributed by atoms with van der Waals surface area (Å²) in [6.45, 7) is 2.53. The van der Waals surface area contributed by atoms with Crippen molar-refractivity contribution < 1.29 is 10.0 Å². The zero-order chi connectivity index (χ0) is 12.3. The van der Waals surface area contributed by atoms with Crippen molar-refractivity contribution >= 4 is 17.3 Å². The highest BCUT2D eigenvalue weighted by Gasteiger charge is 2.19. The van der Waals surface area contributed by atoms with Crippen LogP contribution in [-0.2, 0) is 4.79 Å². The molecule has 1 amide bonds. The van der Waals surface area contributed by atoms with Crippen LogP contribution in [0.15, 0.2) is 29.4 Å². The minimum absolute atomic E-state index is 0.191. The molecule has 1 heterocycles. The van der Waals surface area contributed by atoms with E-state index in [0.29, 0.717) is 12.1 Å². The fraction of sp³-hybridized carbons (Fsp3) is 0.385. The Bertz CT molecular complexity index is 437. The number of anilines is 1. The smallest absolute Gasteiger partial charge is 0.226 e. The zero-order valence-corrected chi connectivity index (χ0v) is 9.89. The van der Waals surface area contributed by atoms with E-state index in [1.165, 1.54) is 0 Å². The molecular formula is C13H16N2O2. The molecule has 0 atom stereocenters. The van der Waals surface area contributed by atoms with Crippen molar-refractivity contribution in [2.24, 2.45) is 5.16 Å². The molecule has 1 aromatic rings. The van der Waals surface area contributed by atoms with Crippen molar-refractivity contribution in [3.8, 4) is 0 Å². The maximum atomic E-state index is 11.7. The van der Waals surface area contributed by atoms with Crippen molar-refractivity contribution in [3.05, 3.63) is 29.8 Å². The van der Waals surface area contributed by atoms with Crippen LogP contribution in [0, 0.1) is 0 Å². The summed E-state index contributed by atoms with van der Waals surface area (Å²) in [7, 11) is 0. The van der Waals surface area contributed by atoms with E-state index < -0.39 is 0 Å². The van der Waals surface area contributed by atoms with Crippen LogP contribution >= 0.6 is 0 Å². The molecule has 90 valence electrons. The van der Waals surface area contributed by atoms with E-state index in [4.69, 9.17) is 5.21 Å². The third-order valence-corrected chi connectivity index (χ3v) is 3.07. The molecule has 4 heteroatoms. The van der Waals surface area contributed by atoms with Gasteiger partial charge in [0, 0.05) is 18.7 Å². The SMILES string of the molecule is C/C(=N\O)c1ccc(N2CCCCC2=O)cc1. The second kappa shape index (κ2) is 4.99. The maximum Gasteiger partial charge on any atom is 0.226 e. The topological polar surface area (TPSA) is 52.9 Å². The third-order valence-electron chi connectivity index (χ3n) is 3.07. The van der Waals surface area contributed by atoms with Crippen LogP contribution in [0.25, 0.3) is 0 Å². The molecule has 17 heavy (non-hydrogen) atoms. The fourth-order valence-corrected chi connectivity index (χ4v) is 2.02. The zero-order valence-electron chi connectivity index (χ0n) is 9.89. The second-order valence-electron chi connectivity index (χ2n) is 4.23. The molecule has 1 saturated heterocycles. The largest absolute Gasteiger partial charge is 0.411 e. The van der Waals surface area contributed by atoms with E-state index in [1.807, 2.05) is 29.2 Å². The second-order valence-corrected chi connectivity index (χ2v) is 4.23. The first kappa shape index (κ1) is 11.6. The van der Waals surface area contributed by atoms with Gasteiger partial charge in [0.25, 0.3) is 0 Å². The Morgan fingerprint density at radius 3 is 2.59 bits per heavy atom. The molecule has 0 spiro atoms. The molecule has 0 bridgehead atoms. The first-order valence-electron chi connectivity index (χ1n) is 5.82. The van der Waals surface area contributed by atoms with Crippen molar-refractivity contribution in [1.82, 2.24) is 0 Å².